The zero-order chi connectivity index (χ0) is 9.56. The summed E-state index contributed by atoms with van der Waals surface area (Å²) in [5.41, 5.74) is 1.37. The molecule has 12 heavy (non-hydrogen) atoms. The van der Waals surface area contributed by atoms with Crippen molar-refractivity contribution in [2.24, 2.45) is 0 Å². The molecule has 0 spiro atoms. The number of hydrogen-bond acceptors (Lipinski definition) is 2. The fourth-order valence-electron chi connectivity index (χ4n) is 0.611. The van der Waals surface area contributed by atoms with Crippen molar-refractivity contribution in [1.82, 2.24) is 0 Å². The third-order valence-electron chi connectivity index (χ3n) is 1.24. The van der Waals surface area contributed by atoms with Crippen molar-refractivity contribution >= 4 is 23.5 Å². The van der Waals surface area contributed by atoms with Gasteiger partial charge in [-0.05, 0) is 10.5 Å². The molecule has 0 nitrogen and oxygen atoms in total. The Morgan fingerprint density at radius 3 is 1.58 bits per heavy atom. The van der Waals surface area contributed by atoms with E-state index in [1.165, 1.54) is 5.57 Å². The van der Waals surface area contributed by atoms with Crippen LogP contribution in [0.1, 0.15) is 27.7 Å². The standard InChI is InChI=1S/C10H20S2/c1-8(2)11-6-10(5)7-12-9(3)4/h8-9H,5-7H2,1-4H3. The zero-order valence-electron chi connectivity index (χ0n) is 8.59. The maximum atomic E-state index is 4.06. The Balaban J connectivity index is 3.34. The van der Waals surface area contributed by atoms with E-state index in [4.69, 9.17) is 0 Å². The van der Waals surface area contributed by atoms with Crippen LogP contribution in [0, 0.1) is 0 Å². The van der Waals surface area contributed by atoms with Gasteiger partial charge in [-0.25, -0.2) is 0 Å². The Labute approximate surface area is 85.6 Å². The largest absolute Gasteiger partial charge is 0.155 e. The molecule has 0 atom stereocenters. The highest BCUT2D eigenvalue weighted by molar-refractivity contribution is 8.01. The third kappa shape index (κ3) is 8.54. The molecule has 0 aromatic heterocycles. The lowest BCUT2D eigenvalue weighted by molar-refractivity contribution is 1.11. The Bertz CT molecular complexity index is 114. The molecule has 0 amide bonds. The highest BCUT2D eigenvalue weighted by Gasteiger charge is 2.00. The topological polar surface area (TPSA) is 0 Å². The van der Waals surface area contributed by atoms with Crippen LogP contribution >= 0.6 is 23.5 Å². The van der Waals surface area contributed by atoms with Crippen LogP contribution in [0.3, 0.4) is 0 Å². The molecule has 0 aliphatic heterocycles. The summed E-state index contributed by atoms with van der Waals surface area (Å²) < 4.78 is 0. The van der Waals surface area contributed by atoms with E-state index in [0.717, 1.165) is 22.0 Å². The van der Waals surface area contributed by atoms with Gasteiger partial charge in [0.05, 0.1) is 0 Å². The SMILES string of the molecule is C=C(CSC(C)C)CSC(C)C. The molecule has 72 valence electrons. The van der Waals surface area contributed by atoms with Gasteiger partial charge in [-0.1, -0.05) is 39.8 Å². The second-order valence-corrected chi connectivity index (χ2v) is 6.60. The Kier molecular flexibility index (Phi) is 7.16. The fourth-order valence-corrected chi connectivity index (χ4v) is 2.08. The molecule has 0 radical (unpaired) electrons. The first-order valence-electron chi connectivity index (χ1n) is 4.42. The van der Waals surface area contributed by atoms with Crippen LogP contribution < -0.4 is 0 Å². The summed E-state index contributed by atoms with van der Waals surface area (Å²) in [4.78, 5) is 0. The van der Waals surface area contributed by atoms with E-state index in [9.17, 15) is 0 Å². The maximum Gasteiger partial charge on any atom is 0.0151 e. The maximum absolute atomic E-state index is 4.06. The minimum atomic E-state index is 0.728. The first-order chi connectivity index (χ1) is 5.52. The molecule has 0 heterocycles. The molecule has 0 rings (SSSR count). The van der Waals surface area contributed by atoms with E-state index in [0.29, 0.717) is 0 Å². The second kappa shape index (κ2) is 6.90. The van der Waals surface area contributed by atoms with Crippen molar-refractivity contribution in [1.29, 1.82) is 0 Å². The summed E-state index contributed by atoms with van der Waals surface area (Å²) in [5.74, 6) is 2.24. The number of hydrogen-bond donors (Lipinski definition) is 0. The molecule has 0 aliphatic rings. The Morgan fingerprint density at radius 1 is 1.00 bits per heavy atom. The Morgan fingerprint density at radius 2 is 1.33 bits per heavy atom. The number of rotatable bonds is 6. The molecule has 0 saturated carbocycles. The zero-order valence-corrected chi connectivity index (χ0v) is 10.2. The predicted octanol–water partition coefficient (Wildman–Crippen LogP) is 3.83. The minimum absolute atomic E-state index is 0.728. The van der Waals surface area contributed by atoms with Gasteiger partial charge in [-0.15, -0.1) is 0 Å². The van der Waals surface area contributed by atoms with Gasteiger partial charge in [0.15, 0.2) is 0 Å². The van der Waals surface area contributed by atoms with Gasteiger partial charge in [-0.2, -0.15) is 23.5 Å². The predicted molar refractivity (Wildman–Crippen MR) is 64.3 cm³/mol. The molecule has 0 aromatic carbocycles. The summed E-state index contributed by atoms with van der Waals surface area (Å²) in [6, 6.07) is 0. The third-order valence-corrected chi connectivity index (χ3v) is 3.72. The van der Waals surface area contributed by atoms with Gasteiger partial charge in [0.2, 0.25) is 0 Å². The van der Waals surface area contributed by atoms with E-state index in [-0.39, 0.29) is 0 Å². The molecule has 0 unspecified atom stereocenters. The van der Waals surface area contributed by atoms with Gasteiger partial charge in [0.25, 0.3) is 0 Å². The molecule has 0 aliphatic carbocycles. The molecular formula is C10H20S2. The van der Waals surface area contributed by atoms with Crippen molar-refractivity contribution in [3.63, 3.8) is 0 Å². The van der Waals surface area contributed by atoms with Crippen LogP contribution in [0.15, 0.2) is 12.2 Å². The van der Waals surface area contributed by atoms with Crippen LogP contribution in [0.5, 0.6) is 0 Å². The first kappa shape index (κ1) is 12.4. The highest BCUT2D eigenvalue weighted by atomic mass is 32.2. The summed E-state index contributed by atoms with van der Waals surface area (Å²) in [6.45, 7) is 13.0. The average molecular weight is 204 g/mol. The smallest absolute Gasteiger partial charge is 0.0151 e. The summed E-state index contributed by atoms with van der Waals surface area (Å²) in [5, 5.41) is 1.46. The molecule has 0 fully saturated rings. The fraction of sp³-hybridized carbons (Fsp3) is 0.800. The molecule has 0 saturated heterocycles. The van der Waals surface area contributed by atoms with E-state index in [2.05, 4.69) is 34.3 Å². The van der Waals surface area contributed by atoms with Gasteiger partial charge in [0.1, 0.15) is 0 Å². The van der Waals surface area contributed by atoms with E-state index >= 15 is 0 Å². The molecule has 2 heteroatoms. The summed E-state index contributed by atoms with van der Waals surface area (Å²) in [6.07, 6.45) is 0. The lowest BCUT2D eigenvalue weighted by Gasteiger charge is -2.09. The van der Waals surface area contributed by atoms with E-state index in [1.807, 2.05) is 23.5 Å². The van der Waals surface area contributed by atoms with Gasteiger partial charge < -0.3 is 0 Å². The van der Waals surface area contributed by atoms with Crippen LogP contribution in [0.25, 0.3) is 0 Å². The summed E-state index contributed by atoms with van der Waals surface area (Å²) >= 11 is 3.96. The van der Waals surface area contributed by atoms with Crippen LogP contribution in [-0.2, 0) is 0 Å². The van der Waals surface area contributed by atoms with Gasteiger partial charge in [-0.3, -0.25) is 0 Å². The summed E-state index contributed by atoms with van der Waals surface area (Å²) in [7, 11) is 0. The average Bonchev–Trinajstić information content (AvgIpc) is 1.96. The highest BCUT2D eigenvalue weighted by Crippen LogP contribution is 2.18. The van der Waals surface area contributed by atoms with Gasteiger partial charge in [0, 0.05) is 11.5 Å². The minimum Gasteiger partial charge on any atom is -0.155 e. The van der Waals surface area contributed by atoms with Crippen LogP contribution in [0.2, 0.25) is 0 Å². The second-order valence-electron chi connectivity index (χ2n) is 3.47. The molecule has 0 N–H and O–H groups in total. The van der Waals surface area contributed by atoms with E-state index < -0.39 is 0 Å². The Hall–Kier alpha value is 0.440. The monoisotopic (exact) mass is 204 g/mol. The van der Waals surface area contributed by atoms with Gasteiger partial charge >= 0.3 is 0 Å². The van der Waals surface area contributed by atoms with Crippen molar-refractivity contribution < 1.29 is 0 Å². The lowest BCUT2D eigenvalue weighted by atomic mass is 10.4. The van der Waals surface area contributed by atoms with E-state index in [1.54, 1.807) is 0 Å². The van der Waals surface area contributed by atoms with Crippen molar-refractivity contribution in [3.05, 3.63) is 12.2 Å². The number of thioether (sulfide) groups is 2. The normalized spacial score (nSPS) is 11.2. The first-order valence-corrected chi connectivity index (χ1v) is 6.52. The van der Waals surface area contributed by atoms with Crippen molar-refractivity contribution in [2.45, 2.75) is 38.2 Å². The van der Waals surface area contributed by atoms with Crippen molar-refractivity contribution in [2.75, 3.05) is 11.5 Å². The lowest BCUT2D eigenvalue weighted by Crippen LogP contribution is -1.97. The molecular weight excluding hydrogens is 184 g/mol. The quantitative estimate of drug-likeness (QED) is 0.603. The molecule has 0 aromatic rings. The molecule has 0 bridgehead atoms. The van der Waals surface area contributed by atoms with Crippen LogP contribution in [-0.4, -0.2) is 22.0 Å². The van der Waals surface area contributed by atoms with Crippen LogP contribution in [0.4, 0.5) is 0 Å². The van der Waals surface area contributed by atoms with Crippen molar-refractivity contribution in [3.8, 4) is 0 Å².